The van der Waals surface area contributed by atoms with Gasteiger partial charge in [0.15, 0.2) is 4.58 Å². The predicted octanol–water partition coefficient (Wildman–Crippen LogP) is 3.72. The van der Waals surface area contributed by atoms with Gasteiger partial charge >= 0.3 is 0 Å². The molecule has 1 saturated heterocycles. The van der Waals surface area contributed by atoms with Crippen LogP contribution in [0.15, 0.2) is 29.2 Å². The van der Waals surface area contributed by atoms with E-state index in [1.807, 2.05) is 30.8 Å². The van der Waals surface area contributed by atoms with Gasteiger partial charge in [0.05, 0.1) is 4.90 Å². The van der Waals surface area contributed by atoms with Crippen molar-refractivity contribution in [1.29, 1.82) is 0 Å². The zero-order chi connectivity index (χ0) is 13.9. The third-order valence-electron chi connectivity index (χ3n) is 2.69. The maximum atomic E-state index is 12.3. The number of hydrogen-bond donors (Lipinski definition) is 0. The van der Waals surface area contributed by atoms with E-state index in [-0.39, 0.29) is 0 Å². The first-order valence-corrected chi connectivity index (χ1v) is 11.0. The lowest BCUT2D eigenvalue weighted by Crippen LogP contribution is -2.24. The number of aryl methyl sites for hydroxylation is 1. The van der Waals surface area contributed by atoms with Crippen LogP contribution in [0.4, 0.5) is 0 Å². The van der Waals surface area contributed by atoms with E-state index in [1.165, 1.54) is 0 Å². The van der Waals surface area contributed by atoms with Gasteiger partial charge in [0, 0.05) is 11.5 Å². The van der Waals surface area contributed by atoms with Crippen molar-refractivity contribution in [2.24, 2.45) is 0 Å². The third-order valence-corrected chi connectivity index (χ3v) is 10.7. The number of benzene rings is 1. The van der Waals surface area contributed by atoms with Gasteiger partial charge in [-0.1, -0.05) is 59.2 Å². The van der Waals surface area contributed by atoms with Crippen LogP contribution in [0.25, 0.3) is 4.13 Å². The first-order chi connectivity index (χ1) is 9.03. The summed E-state index contributed by atoms with van der Waals surface area (Å²) in [7, 11) is -3.51. The molecule has 0 N–H and O–H groups in total. The third kappa shape index (κ3) is 4.07. The molecule has 0 radical (unpaired) electrons. The van der Waals surface area contributed by atoms with Gasteiger partial charge in [0.1, 0.15) is 15.1 Å². The summed E-state index contributed by atoms with van der Waals surface area (Å²) < 4.78 is 29.1. The smallest absolute Gasteiger partial charge is 0.153 e. The molecule has 0 amide bonds. The second-order valence-electron chi connectivity index (χ2n) is 4.21. The molecule has 1 aliphatic heterocycles. The quantitative estimate of drug-likeness (QED) is 0.787. The van der Waals surface area contributed by atoms with Crippen molar-refractivity contribution in [1.82, 2.24) is 0 Å². The highest BCUT2D eigenvalue weighted by atomic mass is 32.3. The van der Waals surface area contributed by atoms with Crippen LogP contribution in [-0.2, 0) is 21.1 Å². The zero-order valence-electron chi connectivity index (χ0n) is 10.9. The van der Waals surface area contributed by atoms with Crippen LogP contribution < -0.4 is 0 Å². The molecule has 1 aromatic carbocycles. The highest BCUT2D eigenvalue weighted by Crippen LogP contribution is 2.39. The van der Waals surface area contributed by atoms with Gasteiger partial charge < -0.3 is 4.13 Å². The minimum atomic E-state index is -3.51. The lowest BCUT2D eigenvalue weighted by atomic mass is 10.2. The average molecular weight is 336 g/mol. The molecular weight excluding hydrogens is 318 g/mol. The van der Waals surface area contributed by atoms with Crippen LogP contribution in [-0.4, -0.2) is 23.2 Å². The molecule has 1 fully saturated rings. The number of sulfonamides is 1. The van der Waals surface area contributed by atoms with E-state index in [4.69, 9.17) is 0 Å². The molecule has 106 valence electrons. The molecule has 1 aliphatic rings. The summed E-state index contributed by atoms with van der Waals surface area (Å²) >= 11 is 3.21. The molecule has 0 aliphatic carbocycles. The van der Waals surface area contributed by atoms with Crippen molar-refractivity contribution in [3.63, 3.8) is 0 Å². The summed E-state index contributed by atoms with van der Waals surface area (Å²) in [5.41, 5.74) is 1.05. The topological polar surface area (TPSA) is 48.2 Å². The summed E-state index contributed by atoms with van der Waals surface area (Å²) in [6.45, 7) is 4.04. The van der Waals surface area contributed by atoms with Crippen LogP contribution in [0.2, 0.25) is 0 Å². The van der Waals surface area contributed by atoms with Crippen molar-refractivity contribution in [2.45, 2.75) is 29.7 Å². The van der Waals surface area contributed by atoms with Crippen LogP contribution in [0, 0.1) is 6.92 Å². The minimum Gasteiger partial charge on any atom is -0.311 e. The Labute approximate surface area is 126 Å². The molecular formula is C12H17NO2S4. The molecule has 0 spiro atoms. The fraction of sp³-hybridized carbons (Fsp3) is 0.500. The van der Waals surface area contributed by atoms with Gasteiger partial charge in [0.2, 0.25) is 0 Å². The predicted molar refractivity (Wildman–Crippen MR) is 88.1 cm³/mol. The molecule has 19 heavy (non-hydrogen) atoms. The Morgan fingerprint density at radius 1 is 1.37 bits per heavy atom. The van der Waals surface area contributed by atoms with E-state index in [9.17, 15) is 8.42 Å². The van der Waals surface area contributed by atoms with Crippen molar-refractivity contribution in [3.05, 3.63) is 34.0 Å². The number of nitrogens with zero attached hydrogens (tertiary/aromatic N) is 1. The Morgan fingerprint density at radius 2 is 2.05 bits per heavy atom. The lowest BCUT2D eigenvalue weighted by molar-refractivity contribution is 0.604. The van der Waals surface area contributed by atoms with Gasteiger partial charge in [-0.15, -0.1) is 0 Å². The second kappa shape index (κ2) is 6.76. The van der Waals surface area contributed by atoms with E-state index in [2.05, 4.69) is 11.1 Å². The Bertz CT molecular complexity index is 515. The highest BCUT2D eigenvalue weighted by molar-refractivity contribution is 8.34. The minimum absolute atomic E-state index is 0.307. The van der Waals surface area contributed by atoms with E-state index in [1.54, 1.807) is 23.9 Å². The van der Waals surface area contributed by atoms with Crippen LogP contribution >= 0.6 is 23.5 Å². The van der Waals surface area contributed by atoms with Crippen molar-refractivity contribution in [3.8, 4) is 0 Å². The molecule has 1 aromatic rings. The second-order valence-corrected chi connectivity index (χ2v) is 11.1. The molecule has 2 rings (SSSR count). The van der Waals surface area contributed by atoms with Crippen LogP contribution in [0.1, 0.15) is 18.9 Å². The molecule has 1 heterocycles. The van der Waals surface area contributed by atoms with Crippen LogP contribution in [0.3, 0.4) is 0 Å². The van der Waals surface area contributed by atoms with Gasteiger partial charge in [-0.05, 0) is 19.1 Å². The van der Waals surface area contributed by atoms with E-state index in [0.717, 1.165) is 22.2 Å². The van der Waals surface area contributed by atoms with E-state index < -0.39 is 21.1 Å². The maximum Gasteiger partial charge on any atom is 0.153 e. The normalized spacial score (nSPS) is 24.3. The SMILES string of the molecule is CC[C@@H]1SCSC[S+]1[N-]S(=O)(=O)c1ccc(C)cc1. The number of hydrogen-bond acceptors (Lipinski definition) is 4. The maximum absolute atomic E-state index is 12.3. The van der Waals surface area contributed by atoms with E-state index >= 15 is 0 Å². The zero-order valence-corrected chi connectivity index (χ0v) is 14.2. The Morgan fingerprint density at radius 3 is 2.68 bits per heavy atom. The van der Waals surface area contributed by atoms with E-state index in [0.29, 0.717) is 9.48 Å². The molecule has 1 unspecified atom stereocenters. The first kappa shape index (κ1) is 15.6. The highest BCUT2D eigenvalue weighted by Gasteiger charge is 2.29. The lowest BCUT2D eigenvalue weighted by Gasteiger charge is -2.30. The standard InChI is InChI=1S/C12H17NO2S4/c1-3-12-17-8-16-9-18(12)13-19(14,15)11-6-4-10(2)5-7-11/h4-7,12H,3,8-9H2,1-2H3/t12-,18?/m1/s1. The molecule has 0 aromatic heterocycles. The Balaban J connectivity index is 2.14. The summed E-state index contributed by atoms with van der Waals surface area (Å²) in [4.78, 5) is 0.307. The summed E-state index contributed by atoms with van der Waals surface area (Å²) in [5, 5.41) is 1.87. The van der Waals surface area contributed by atoms with Crippen molar-refractivity contribution < 1.29 is 8.42 Å². The van der Waals surface area contributed by atoms with Crippen molar-refractivity contribution >= 4 is 44.6 Å². The molecule has 2 atom stereocenters. The fourth-order valence-corrected chi connectivity index (χ4v) is 10.2. The largest absolute Gasteiger partial charge is 0.311 e. The Kier molecular flexibility index (Phi) is 5.54. The molecule has 0 saturated carbocycles. The average Bonchev–Trinajstić information content (AvgIpc) is 2.39. The number of rotatable bonds is 4. The number of thioether (sulfide) groups is 2. The summed E-state index contributed by atoms with van der Waals surface area (Å²) in [5.74, 6) is 0. The van der Waals surface area contributed by atoms with Gasteiger partial charge in [-0.2, -0.15) is 0 Å². The summed E-state index contributed by atoms with van der Waals surface area (Å²) in [6, 6.07) is 6.91. The Hall–Kier alpha value is 0.180. The molecule has 7 heteroatoms. The van der Waals surface area contributed by atoms with Crippen LogP contribution in [0.5, 0.6) is 0 Å². The molecule has 3 nitrogen and oxygen atoms in total. The molecule has 0 bridgehead atoms. The van der Waals surface area contributed by atoms with Gasteiger partial charge in [0.25, 0.3) is 0 Å². The summed E-state index contributed by atoms with van der Waals surface area (Å²) in [6.07, 6.45) is 0.973. The van der Waals surface area contributed by atoms with Gasteiger partial charge in [-0.25, -0.2) is 8.42 Å². The van der Waals surface area contributed by atoms with Crippen molar-refractivity contribution in [2.75, 3.05) is 10.2 Å². The monoisotopic (exact) mass is 335 g/mol. The fourth-order valence-electron chi connectivity index (χ4n) is 1.66. The first-order valence-electron chi connectivity index (χ1n) is 5.97. The van der Waals surface area contributed by atoms with Gasteiger partial charge in [-0.3, -0.25) is 0 Å².